The molecule has 0 unspecified atom stereocenters. The molecule has 0 bridgehead atoms. The lowest BCUT2D eigenvalue weighted by molar-refractivity contribution is 0.472. The first-order chi connectivity index (χ1) is 9.86. The monoisotopic (exact) mass is 260 g/mol. The Kier molecular flexibility index (Phi) is 2.53. The van der Waals surface area contributed by atoms with E-state index in [2.05, 4.69) is 36.4 Å². The highest BCUT2D eigenvalue weighted by molar-refractivity contribution is 6.02. The van der Waals surface area contributed by atoms with Crippen molar-refractivity contribution in [3.8, 4) is 16.9 Å². The van der Waals surface area contributed by atoms with Gasteiger partial charge in [0.25, 0.3) is 0 Å². The van der Waals surface area contributed by atoms with Crippen molar-refractivity contribution in [2.24, 2.45) is 0 Å². The summed E-state index contributed by atoms with van der Waals surface area (Å²) in [5.74, 6) is 0.488. The molecule has 1 aliphatic carbocycles. The molecule has 1 aliphatic rings. The lowest BCUT2D eigenvalue weighted by atomic mass is 9.91. The first-order valence-electron chi connectivity index (χ1n) is 7.17. The van der Waals surface area contributed by atoms with Crippen LogP contribution in [0.1, 0.15) is 17.5 Å². The second-order valence-electron chi connectivity index (χ2n) is 5.45. The number of hydrogen-bond donors (Lipinski definition) is 1. The molecule has 4 rings (SSSR count). The van der Waals surface area contributed by atoms with Gasteiger partial charge in [0.15, 0.2) is 0 Å². The Hall–Kier alpha value is -2.28. The van der Waals surface area contributed by atoms with Crippen LogP contribution in [0.5, 0.6) is 5.75 Å². The quantitative estimate of drug-likeness (QED) is 0.672. The summed E-state index contributed by atoms with van der Waals surface area (Å²) in [6.07, 6.45) is 3.22. The predicted molar refractivity (Wildman–Crippen MR) is 83.1 cm³/mol. The molecule has 0 aromatic heterocycles. The minimum absolute atomic E-state index is 0.488. The van der Waals surface area contributed by atoms with Gasteiger partial charge >= 0.3 is 0 Å². The molecule has 0 heterocycles. The third-order valence-corrected chi connectivity index (χ3v) is 4.32. The topological polar surface area (TPSA) is 20.2 Å². The smallest absolute Gasteiger partial charge is 0.127 e. The van der Waals surface area contributed by atoms with Crippen LogP contribution in [0.3, 0.4) is 0 Å². The fourth-order valence-corrected chi connectivity index (χ4v) is 3.44. The van der Waals surface area contributed by atoms with Gasteiger partial charge in [-0.25, -0.2) is 0 Å². The lowest BCUT2D eigenvalue weighted by Gasteiger charge is -2.15. The van der Waals surface area contributed by atoms with Gasteiger partial charge in [-0.3, -0.25) is 0 Å². The van der Waals surface area contributed by atoms with Gasteiger partial charge in [-0.15, -0.1) is 0 Å². The Labute approximate surface area is 118 Å². The van der Waals surface area contributed by atoms with Crippen LogP contribution in [-0.4, -0.2) is 5.11 Å². The van der Waals surface area contributed by atoms with E-state index >= 15 is 0 Å². The molecule has 0 spiro atoms. The number of fused-ring (bicyclic) bond motifs is 3. The zero-order chi connectivity index (χ0) is 13.5. The molecule has 0 radical (unpaired) electrons. The molecule has 3 aromatic carbocycles. The fourth-order valence-electron chi connectivity index (χ4n) is 3.44. The van der Waals surface area contributed by atoms with E-state index in [0.29, 0.717) is 5.75 Å². The largest absolute Gasteiger partial charge is 0.507 e. The molecule has 98 valence electrons. The van der Waals surface area contributed by atoms with Crippen LogP contribution in [0.25, 0.3) is 21.9 Å². The lowest BCUT2D eigenvalue weighted by Crippen LogP contribution is -1.91. The maximum absolute atomic E-state index is 10.8. The zero-order valence-electron chi connectivity index (χ0n) is 11.3. The highest BCUT2D eigenvalue weighted by atomic mass is 16.3. The second-order valence-corrected chi connectivity index (χ2v) is 5.45. The summed E-state index contributed by atoms with van der Waals surface area (Å²) >= 11 is 0. The molecule has 1 heteroatoms. The Morgan fingerprint density at radius 3 is 2.15 bits per heavy atom. The summed E-state index contributed by atoms with van der Waals surface area (Å²) in [5, 5.41) is 13.2. The number of aromatic hydroxyl groups is 1. The third kappa shape index (κ3) is 1.56. The van der Waals surface area contributed by atoms with Gasteiger partial charge in [-0.05, 0) is 46.7 Å². The Morgan fingerprint density at radius 2 is 1.35 bits per heavy atom. The predicted octanol–water partition coefficient (Wildman–Crippen LogP) is 4.70. The highest BCUT2D eigenvalue weighted by Gasteiger charge is 2.22. The van der Waals surface area contributed by atoms with E-state index in [-0.39, 0.29) is 0 Å². The molecule has 0 amide bonds. The van der Waals surface area contributed by atoms with Gasteiger partial charge in [0.2, 0.25) is 0 Å². The molecular weight excluding hydrogens is 244 g/mol. The summed E-state index contributed by atoms with van der Waals surface area (Å²) in [6.45, 7) is 0. The van der Waals surface area contributed by atoms with E-state index in [1.807, 2.05) is 18.2 Å². The zero-order valence-corrected chi connectivity index (χ0v) is 11.3. The van der Waals surface area contributed by atoms with E-state index in [9.17, 15) is 5.11 Å². The highest BCUT2D eigenvalue weighted by Crippen LogP contribution is 2.44. The molecule has 1 N–H and O–H groups in total. The van der Waals surface area contributed by atoms with Crippen LogP contribution in [0.2, 0.25) is 0 Å². The van der Waals surface area contributed by atoms with Gasteiger partial charge in [0.1, 0.15) is 5.75 Å². The molecule has 1 nitrogen and oxygen atoms in total. The van der Waals surface area contributed by atoms with Gasteiger partial charge in [-0.1, -0.05) is 54.6 Å². The number of phenols is 1. The summed E-state index contributed by atoms with van der Waals surface area (Å²) in [4.78, 5) is 0. The maximum Gasteiger partial charge on any atom is 0.127 e. The van der Waals surface area contributed by atoms with Crippen molar-refractivity contribution < 1.29 is 5.11 Å². The third-order valence-electron chi connectivity index (χ3n) is 4.32. The Balaban J connectivity index is 2.16. The summed E-state index contributed by atoms with van der Waals surface area (Å²) < 4.78 is 0. The van der Waals surface area contributed by atoms with Gasteiger partial charge < -0.3 is 5.11 Å². The van der Waals surface area contributed by atoms with E-state index in [1.165, 1.54) is 10.9 Å². The standard InChI is InChI=1S/C19H16O/c20-19-17-12-6-11-15(17)14-9-4-5-10-16(14)18(19)13-7-2-1-3-8-13/h1-5,7-10,20H,6,11-12H2. The molecule has 0 fully saturated rings. The average molecular weight is 260 g/mol. The van der Waals surface area contributed by atoms with Crippen LogP contribution >= 0.6 is 0 Å². The maximum atomic E-state index is 10.8. The first kappa shape index (κ1) is 11.5. The van der Waals surface area contributed by atoms with Crippen molar-refractivity contribution in [2.45, 2.75) is 19.3 Å². The van der Waals surface area contributed by atoms with Crippen LogP contribution in [0.15, 0.2) is 54.6 Å². The first-order valence-corrected chi connectivity index (χ1v) is 7.17. The van der Waals surface area contributed by atoms with Crippen LogP contribution in [0, 0.1) is 0 Å². The van der Waals surface area contributed by atoms with Crippen molar-refractivity contribution in [2.75, 3.05) is 0 Å². The molecule has 20 heavy (non-hydrogen) atoms. The van der Waals surface area contributed by atoms with Crippen LogP contribution in [0.4, 0.5) is 0 Å². The summed E-state index contributed by atoms with van der Waals surface area (Å²) in [7, 11) is 0. The molecule has 3 aromatic rings. The fraction of sp³-hybridized carbons (Fsp3) is 0.158. The van der Waals surface area contributed by atoms with Crippen LogP contribution in [-0.2, 0) is 12.8 Å². The van der Waals surface area contributed by atoms with Gasteiger partial charge in [-0.2, -0.15) is 0 Å². The van der Waals surface area contributed by atoms with E-state index in [1.54, 1.807) is 0 Å². The van der Waals surface area contributed by atoms with E-state index < -0.39 is 0 Å². The minimum atomic E-state index is 0.488. The number of phenolic OH excluding ortho intramolecular Hbond substituents is 1. The van der Waals surface area contributed by atoms with Crippen molar-refractivity contribution in [1.29, 1.82) is 0 Å². The van der Waals surface area contributed by atoms with Crippen molar-refractivity contribution in [1.82, 2.24) is 0 Å². The van der Waals surface area contributed by atoms with Crippen LogP contribution < -0.4 is 0 Å². The Morgan fingerprint density at radius 1 is 0.700 bits per heavy atom. The van der Waals surface area contributed by atoms with Crippen molar-refractivity contribution in [3.05, 3.63) is 65.7 Å². The molecule has 0 saturated carbocycles. The average Bonchev–Trinajstić information content (AvgIpc) is 2.99. The normalized spacial score (nSPS) is 13.6. The number of hydrogen-bond acceptors (Lipinski definition) is 1. The molecule has 0 saturated heterocycles. The SMILES string of the molecule is Oc1c2c(c3ccccc3c1-c1ccccc1)CCC2. The minimum Gasteiger partial charge on any atom is -0.507 e. The molecular formula is C19H16O. The number of benzene rings is 3. The van der Waals surface area contributed by atoms with Gasteiger partial charge in [0, 0.05) is 5.56 Å². The summed E-state index contributed by atoms with van der Waals surface area (Å²) in [6, 6.07) is 18.7. The van der Waals surface area contributed by atoms with Crippen molar-refractivity contribution in [3.63, 3.8) is 0 Å². The second kappa shape index (κ2) is 4.38. The molecule has 0 aliphatic heterocycles. The van der Waals surface area contributed by atoms with E-state index in [4.69, 9.17) is 0 Å². The van der Waals surface area contributed by atoms with Crippen molar-refractivity contribution >= 4 is 10.8 Å². The Bertz CT molecular complexity index is 788. The summed E-state index contributed by atoms with van der Waals surface area (Å²) in [5.41, 5.74) is 4.58. The van der Waals surface area contributed by atoms with E-state index in [0.717, 1.165) is 41.3 Å². The van der Waals surface area contributed by atoms with Gasteiger partial charge in [0.05, 0.1) is 0 Å². The molecule has 0 atom stereocenters. The number of aryl methyl sites for hydroxylation is 1. The number of rotatable bonds is 1.